The van der Waals surface area contributed by atoms with Crippen molar-refractivity contribution in [2.45, 2.75) is 52.2 Å². The lowest BCUT2D eigenvalue weighted by atomic mass is 9.98. The van der Waals surface area contributed by atoms with Gasteiger partial charge in [-0.25, -0.2) is 0 Å². The number of aryl methyl sites for hydroxylation is 1. The Labute approximate surface area is 128 Å². The molecule has 3 nitrogen and oxygen atoms in total. The first-order chi connectivity index (χ1) is 9.67. The van der Waals surface area contributed by atoms with Gasteiger partial charge in [0.1, 0.15) is 0 Å². The van der Waals surface area contributed by atoms with Gasteiger partial charge in [-0.3, -0.25) is 9.69 Å². The third-order valence-corrected chi connectivity index (χ3v) is 3.79. The van der Waals surface area contributed by atoms with Gasteiger partial charge < -0.3 is 4.74 Å². The molecular weight excluding hydrogens is 262 g/mol. The summed E-state index contributed by atoms with van der Waals surface area (Å²) in [5, 5.41) is 0. The number of hydrogen-bond acceptors (Lipinski definition) is 3. The fraction of sp³-hybridized carbons (Fsp3) is 0.611. The van der Waals surface area contributed by atoms with Crippen LogP contribution in [0.1, 0.15) is 50.0 Å². The third kappa shape index (κ3) is 4.65. The smallest absolute Gasteiger partial charge is 0.164 e. The number of carbonyl (C=O) groups excluding carboxylic acids is 1. The second-order valence-corrected chi connectivity index (χ2v) is 7.37. The molecule has 0 spiro atoms. The van der Waals surface area contributed by atoms with E-state index in [1.165, 1.54) is 5.56 Å². The Bertz CT molecular complexity index is 486. The van der Waals surface area contributed by atoms with E-state index in [0.717, 1.165) is 25.2 Å². The van der Waals surface area contributed by atoms with Crippen molar-refractivity contribution >= 4 is 5.78 Å². The molecule has 1 aliphatic heterocycles. The normalized spacial score (nSPS) is 21.2. The lowest BCUT2D eigenvalue weighted by Crippen LogP contribution is -2.57. The highest BCUT2D eigenvalue weighted by Gasteiger charge is 2.37. The molecular formula is C18H27NO2. The van der Waals surface area contributed by atoms with Crippen LogP contribution in [0, 0.1) is 6.92 Å². The molecule has 1 aliphatic rings. The Kier molecular flexibility index (Phi) is 4.54. The van der Waals surface area contributed by atoms with Crippen molar-refractivity contribution in [1.82, 2.24) is 4.90 Å². The van der Waals surface area contributed by atoms with Crippen LogP contribution in [-0.4, -0.2) is 41.5 Å². The number of carbonyl (C=O) groups is 1. The molecule has 1 aromatic carbocycles. The van der Waals surface area contributed by atoms with Crippen LogP contribution < -0.4 is 0 Å². The summed E-state index contributed by atoms with van der Waals surface area (Å²) >= 11 is 0. The highest BCUT2D eigenvalue weighted by atomic mass is 16.5. The fourth-order valence-electron chi connectivity index (χ4n) is 3.25. The zero-order chi connectivity index (χ0) is 15.7. The molecule has 0 unspecified atom stereocenters. The number of hydrogen-bond donors (Lipinski definition) is 0. The monoisotopic (exact) mass is 289 g/mol. The van der Waals surface area contributed by atoms with Gasteiger partial charge in [-0.05, 0) is 34.6 Å². The molecule has 1 fully saturated rings. The minimum Gasteiger partial charge on any atom is -0.367 e. The van der Waals surface area contributed by atoms with Crippen molar-refractivity contribution in [3.63, 3.8) is 0 Å². The zero-order valence-electron chi connectivity index (χ0n) is 13.9. The van der Waals surface area contributed by atoms with Crippen LogP contribution in [0.3, 0.4) is 0 Å². The molecule has 0 aliphatic carbocycles. The second kappa shape index (κ2) is 5.90. The van der Waals surface area contributed by atoms with E-state index >= 15 is 0 Å². The van der Waals surface area contributed by atoms with Gasteiger partial charge in [-0.15, -0.1) is 0 Å². The van der Waals surface area contributed by atoms with Crippen LogP contribution >= 0.6 is 0 Å². The summed E-state index contributed by atoms with van der Waals surface area (Å²) in [5.74, 6) is 0.220. The van der Waals surface area contributed by atoms with Crippen LogP contribution in [0.4, 0.5) is 0 Å². The molecule has 21 heavy (non-hydrogen) atoms. The van der Waals surface area contributed by atoms with E-state index in [1.54, 1.807) is 0 Å². The standard InChI is InChI=1S/C18H27NO2/c1-14-6-8-15(9-7-14)16(20)10-11-19-12-17(2,3)21-18(4,5)13-19/h6-9H,10-13H2,1-5H3. The first-order valence-electron chi connectivity index (χ1n) is 7.69. The van der Waals surface area contributed by atoms with Crippen molar-refractivity contribution < 1.29 is 9.53 Å². The largest absolute Gasteiger partial charge is 0.367 e. The minimum atomic E-state index is -0.158. The summed E-state index contributed by atoms with van der Waals surface area (Å²) in [7, 11) is 0. The van der Waals surface area contributed by atoms with Gasteiger partial charge in [0.05, 0.1) is 11.2 Å². The summed E-state index contributed by atoms with van der Waals surface area (Å²) in [6.07, 6.45) is 0.565. The van der Waals surface area contributed by atoms with Crippen LogP contribution in [0.2, 0.25) is 0 Å². The number of Topliss-reactive ketones (excluding diaryl/α,β-unsaturated/α-hetero) is 1. The van der Waals surface area contributed by atoms with Gasteiger partial charge in [0.2, 0.25) is 0 Å². The molecule has 1 heterocycles. The maximum absolute atomic E-state index is 12.3. The summed E-state index contributed by atoms with van der Waals surface area (Å²) in [6, 6.07) is 7.83. The average Bonchev–Trinajstić information content (AvgIpc) is 2.33. The van der Waals surface area contributed by atoms with Crippen molar-refractivity contribution in [2.75, 3.05) is 19.6 Å². The second-order valence-electron chi connectivity index (χ2n) is 7.37. The maximum Gasteiger partial charge on any atom is 0.164 e. The molecule has 0 N–H and O–H groups in total. The number of ketones is 1. The average molecular weight is 289 g/mol. The minimum absolute atomic E-state index is 0.158. The highest BCUT2D eigenvalue weighted by molar-refractivity contribution is 5.96. The molecule has 0 amide bonds. The molecule has 1 saturated heterocycles. The van der Waals surface area contributed by atoms with Gasteiger partial charge >= 0.3 is 0 Å². The molecule has 0 radical (unpaired) electrons. The molecule has 0 aromatic heterocycles. The SMILES string of the molecule is Cc1ccc(C(=O)CCN2CC(C)(C)OC(C)(C)C2)cc1. The van der Waals surface area contributed by atoms with E-state index in [9.17, 15) is 4.79 Å². The molecule has 0 saturated carbocycles. The number of rotatable bonds is 4. The van der Waals surface area contributed by atoms with Gasteiger partial charge in [0, 0.05) is 31.6 Å². The van der Waals surface area contributed by atoms with E-state index in [-0.39, 0.29) is 17.0 Å². The van der Waals surface area contributed by atoms with E-state index in [4.69, 9.17) is 4.74 Å². The number of ether oxygens (including phenoxy) is 1. The summed E-state index contributed by atoms with van der Waals surface area (Å²) in [5.41, 5.74) is 1.68. The number of nitrogens with zero attached hydrogens (tertiary/aromatic N) is 1. The first-order valence-corrected chi connectivity index (χ1v) is 7.69. The molecule has 3 heteroatoms. The first kappa shape index (κ1) is 16.2. The molecule has 0 atom stereocenters. The zero-order valence-corrected chi connectivity index (χ0v) is 13.9. The molecule has 1 aromatic rings. The van der Waals surface area contributed by atoms with Crippen molar-refractivity contribution in [1.29, 1.82) is 0 Å². The Hall–Kier alpha value is -1.19. The van der Waals surface area contributed by atoms with Crippen LogP contribution in [0.15, 0.2) is 24.3 Å². The Morgan fingerprint density at radius 3 is 2.14 bits per heavy atom. The predicted molar refractivity (Wildman–Crippen MR) is 85.8 cm³/mol. The van der Waals surface area contributed by atoms with Crippen molar-refractivity contribution in [3.8, 4) is 0 Å². The Morgan fingerprint density at radius 1 is 1.10 bits per heavy atom. The van der Waals surface area contributed by atoms with E-state index in [1.807, 2.05) is 31.2 Å². The lowest BCUT2D eigenvalue weighted by molar-refractivity contribution is -0.180. The fourth-order valence-corrected chi connectivity index (χ4v) is 3.25. The summed E-state index contributed by atoms with van der Waals surface area (Å²) in [4.78, 5) is 14.6. The molecule has 116 valence electrons. The van der Waals surface area contributed by atoms with E-state index in [0.29, 0.717) is 6.42 Å². The Morgan fingerprint density at radius 2 is 1.62 bits per heavy atom. The lowest BCUT2D eigenvalue weighted by Gasteiger charge is -2.47. The van der Waals surface area contributed by atoms with Gasteiger partial charge in [-0.1, -0.05) is 29.8 Å². The van der Waals surface area contributed by atoms with Gasteiger partial charge in [0.25, 0.3) is 0 Å². The topological polar surface area (TPSA) is 29.5 Å². The van der Waals surface area contributed by atoms with Crippen molar-refractivity contribution in [2.24, 2.45) is 0 Å². The number of benzene rings is 1. The van der Waals surface area contributed by atoms with Crippen LogP contribution in [0.25, 0.3) is 0 Å². The number of morpholine rings is 1. The Balaban J connectivity index is 1.93. The maximum atomic E-state index is 12.3. The summed E-state index contributed by atoms with van der Waals surface area (Å²) < 4.78 is 6.07. The van der Waals surface area contributed by atoms with Crippen LogP contribution in [-0.2, 0) is 4.74 Å². The van der Waals surface area contributed by atoms with Gasteiger partial charge in [-0.2, -0.15) is 0 Å². The van der Waals surface area contributed by atoms with Crippen LogP contribution in [0.5, 0.6) is 0 Å². The molecule has 0 bridgehead atoms. The van der Waals surface area contributed by atoms with E-state index < -0.39 is 0 Å². The van der Waals surface area contributed by atoms with Gasteiger partial charge in [0.15, 0.2) is 5.78 Å². The predicted octanol–water partition coefficient (Wildman–Crippen LogP) is 3.46. The third-order valence-electron chi connectivity index (χ3n) is 3.79. The summed E-state index contributed by atoms with van der Waals surface area (Å²) in [6.45, 7) is 13.0. The van der Waals surface area contributed by atoms with Crippen molar-refractivity contribution in [3.05, 3.63) is 35.4 Å². The molecule has 2 rings (SSSR count). The quantitative estimate of drug-likeness (QED) is 0.795. The highest BCUT2D eigenvalue weighted by Crippen LogP contribution is 2.28. The van der Waals surface area contributed by atoms with E-state index in [2.05, 4.69) is 32.6 Å².